The first-order valence-corrected chi connectivity index (χ1v) is 10.2. The molecule has 0 saturated heterocycles. The predicted octanol–water partition coefficient (Wildman–Crippen LogP) is 3.67. The quantitative estimate of drug-likeness (QED) is 0.623. The summed E-state index contributed by atoms with van der Waals surface area (Å²) in [5.74, 6) is 1.66. The van der Waals surface area contributed by atoms with Crippen molar-refractivity contribution in [2.45, 2.75) is 12.3 Å². The number of aromatic nitrogens is 1. The number of fused-ring (bicyclic) bond motifs is 1. The van der Waals surface area contributed by atoms with Gasteiger partial charge in [-0.2, -0.15) is 0 Å². The van der Waals surface area contributed by atoms with Crippen molar-refractivity contribution < 1.29 is 19.0 Å². The van der Waals surface area contributed by atoms with Gasteiger partial charge in [0.25, 0.3) is 0 Å². The Morgan fingerprint density at radius 3 is 2.27 bits per heavy atom. The molecule has 8 heteroatoms. The first-order chi connectivity index (χ1) is 14.5. The van der Waals surface area contributed by atoms with Crippen LogP contribution in [0.3, 0.4) is 0 Å². The minimum atomic E-state index is -0.332. The van der Waals surface area contributed by atoms with E-state index in [9.17, 15) is 9.59 Å². The highest BCUT2D eigenvalue weighted by Crippen LogP contribution is 2.50. The first kappa shape index (κ1) is 20.0. The van der Waals surface area contributed by atoms with Gasteiger partial charge in [-0.05, 0) is 18.2 Å². The smallest absolute Gasteiger partial charge is 0.308 e. The molecule has 1 atom stereocenters. The number of rotatable bonds is 5. The van der Waals surface area contributed by atoms with Crippen molar-refractivity contribution in [1.82, 2.24) is 4.57 Å². The number of anilines is 2. The summed E-state index contributed by atoms with van der Waals surface area (Å²) in [7, 11) is 6.34. The molecule has 0 unspecified atom stereocenters. The van der Waals surface area contributed by atoms with Gasteiger partial charge in [-0.3, -0.25) is 19.1 Å². The lowest BCUT2D eigenvalue weighted by Gasteiger charge is -2.33. The molecule has 1 aliphatic rings. The molecule has 0 N–H and O–H groups in total. The van der Waals surface area contributed by atoms with Crippen molar-refractivity contribution in [2.24, 2.45) is 7.05 Å². The fourth-order valence-corrected chi connectivity index (χ4v) is 5.00. The molecule has 0 fully saturated rings. The normalized spacial score (nSPS) is 15.7. The van der Waals surface area contributed by atoms with Gasteiger partial charge in [0, 0.05) is 24.9 Å². The molecule has 1 aromatic heterocycles. The second-order valence-corrected chi connectivity index (χ2v) is 7.85. The summed E-state index contributed by atoms with van der Waals surface area (Å²) in [4.78, 5) is 28.2. The molecule has 4 rings (SSSR count). The van der Waals surface area contributed by atoms with Gasteiger partial charge in [-0.25, -0.2) is 0 Å². The van der Waals surface area contributed by atoms with Crippen LogP contribution in [0.4, 0.5) is 11.5 Å². The van der Waals surface area contributed by atoms with Gasteiger partial charge >= 0.3 is 4.87 Å². The summed E-state index contributed by atoms with van der Waals surface area (Å²) in [6.45, 7) is 0. The molecule has 0 saturated carbocycles. The Kier molecular flexibility index (Phi) is 5.26. The second-order valence-electron chi connectivity index (χ2n) is 6.86. The fraction of sp³-hybridized carbons (Fsp3) is 0.273. The molecule has 0 spiro atoms. The molecule has 7 nitrogen and oxygen atoms in total. The van der Waals surface area contributed by atoms with Crippen molar-refractivity contribution >= 4 is 28.7 Å². The van der Waals surface area contributed by atoms with Crippen molar-refractivity contribution in [2.75, 3.05) is 26.2 Å². The fourth-order valence-electron chi connectivity index (χ4n) is 3.92. The van der Waals surface area contributed by atoms with Crippen LogP contribution in [0.25, 0.3) is 0 Å². The van der Waals surface area contributed by atoms with E-state index in [1.165, 1.54) is 4.57 Å². The maximum atomic E-state index is 13.3. The van der Waals surface area contributed by atoms with Crippen molar-refractivity contribution in [3.63, 3.8) is 0 Å². The van der Waals surface area contributed by atoms with Crippen LogP contribution in [0.1, 0.15) is 22.8 Å². The van der Waals surface area contributed by atoms with E-state index in [2.05, 4.69) is 0 Å². The third kappa shape index (κ3) is 3.04. The third-order valence-electron chi connectivity index (χ3n) is 5.29. The molecular weight excluding hydrogens is 404 g/mol. The van der Waals surface area contributed by atoms with Gasteiger partial charge in [-0.15, -0.1) is 0 Å². The summed E-state index contributed by atoms with van der Waals surface area (Å²) in [5.41, 5.74) is 1.51. The molecule has 1 aliphatic heterocycles. The zero-order valence-electron chi connectivity index (χ0n) is 17.2. The highest BCUT2D eigenvalue weighted by molar-refractivity contribution is 7.10. The number of methoxy groups -OCH3 is 3. The number of carbonyl (C=O) groups is 1. The molecule has 1 amide bonds. The molecule has 2 aromatic carbocycles. The Balaban J connectivity index is 1.93. The average molecular weight is 426 g/mol. The van der Waals surface area contributed by atoms with Gasteiger partial charge in [0.1, 0.15) is 5.82 Å². The zero-order chi connectivity index (χ0) is 21.4. The highest BCUT2D eigenvalue weighted by atomic mass is 32.1. The van der Waals surface area contributed by atoms with E-state index < -0.39 is 0 Å². The number of amides is 1. The molecule has 2 heterocycles. The van der Waals surface area contributed by atoms with Crippen molar-refractivity contribution in [3.8, 4) is 17.2 Å². The molecule has 156 valence electrons. The van der Waals surface area contributed by atoms with Crippen LogP contribution in [0.15, 0.2) is 47.3 Å². The standard InChI is InChI=1S/C22H22N2O5S/c1-23-21-20(30-22(23)26)15(12-17(25)24(21)13-8-6-5-7-9-13)14-10-11-16(27-2)19(29-4)18(14)28-3/h5-11,15H,12H2,1-4H3/t15-/m0/s1. The van der Waals surface area contributed by atoms with E-state index in [0.717, 1.165) is 27.5 Å². The van der Waals surface area contributed by atoms with Gasteiger partial charge in [-0.1, -0.05) is 35.6 Å². The summed E-state index contributed by atoms with van der Waals surface area (Å²) in [6.07, 6.45) is 0.202. The van der Waals surface area contributed by atoms with E-state index in [1.807, 2.05) is 36.4 Å². The lowest BCUT2D eigenvalue weighted by molar-refractivity contribution is -0.118. The molecule has 30 heavy (non-hydrogen) atoms. The lowest BCUT2D eigenvalue weighted by atomic mass is 9.89. The number of hydrogen-bond donors (Lipinski definition) is 0. The van der Waals surface area contributed by atoms with Crippen molar-refractivity contribution in [1.29, 1.82) is 0 Å². The number of hydrogen-bond acceptors (Lipinski definition) is 6. The largest absolute Gasteiger partial charge is 0.493 e. The monoisotopic (exact) mass is 426 g/mol. The molecule has 0 aliphatic carbocycles. The summed E-state index contributed by atoms with van der Waals surface area (Å²) in [5, 5.41) is 0. The van der Waals surface area contributed by atoms with Crippen LogP contribution < -0.4 is 24.0 Å². The van der Waals surface area contributed by atoms with E-state index in [0.29, 0.717) is 23.1 Å². The molecular formula is C22H22N2O5S. The topological polar surface area (TPSA) is 70.0 Å². The average Bonchev–Trinajstić information content (AvgIpc) is 3.07. The SMILES string of the molecule is COc1ccc([C@@H]2CC(=O)N(c3ccccc3)c3c2sc(=O)n3C)c(OC)c1OC. The minimum absolute atomic E-state index is 0.0936. The van der Waals surface area contributed by atoms with Crippen LogP contribution in [-0.4, -0.2) is 31.8 Å². The van der Waals surface area contributed by atoms with E-state index in [-0.39, 0.29) is 23.1 Å². The number of thiazole rings is 1. The van der Waals surface area contributed by atoms with Crippen molar-refractivity contribution in [3.05, 3.63) is 62.6 Å². The molecule has 0 radical (unpaired) electrons. The lowest BCUT2D eigenvalue weighted by Crippen LogP contribution is -2.34. The molecule has 0 bridgehead atoms. The Morgan fingerprint density at radius 1 is 0.933 bits per heavy atom. The molecule has 3 aromatic rings. The first-order valence-electron chi connectivity index (χ1n) is 9.38. The second kappa shape index (κ2) is 7.87. The van der Waals surface area contributed by atoms with Crippen LogP contribution in [0.2, 0.25) is 0 Å². The van der Waals surface area contributed by atoms with Crippen LogP contribution in [-0.2, 0) is 11.8 Å². The summed E-state index contributed by atoms with van der Waals surface area (Å²) >= 11 is 1.15. The van der Waals surface area contributed by atoms with E-state index >= 15 is 0 Å². The van der Waals surface area contributed by atoms with Crippen LogP contribution >= 0.6 is 11.3 Å². The van der Waals surface area contributed by atoms with Gasteiger partial charge in [0.15, 0.2) is 11.5 Å². The minimum Gasteiger partial charge on any atom is -0.493 e. The number of carbonyl (C=O) groups excluding carboxylic acids is 1. The Bertz CT molecular complexity index is 1150. The number of benzene rings is 2. The van der Waals surface area contributed by atoms with Gasteiger partial charge in [0.05, 0.1) is 31.9 Å². The maximum absolute atomic E-state index is 13.3. The number of ether oxygens (including phenoxy) is 3. The Labute approximate surface area is 178 Å². The van der Waals surface area contributed by atoms with E-state index in [1.54, 1.807) is 39.3 Å². The van der Waals surface area contributed by atoms with Crippen LogP contribution in [0, 0.1) is 0 Å². The summed E-state index contributed by atoms with van der Waals surface area (Å²) in [6, 6.07) is 13.0. The Morgan fingerprint density at radius 2 is 1.63 bits per heavy atom. The van der Waals surface area contributed by atoms with Gasteiger partial charge < -0.3 is 14.2 Å². The summed E-state index contributed by atoms with van der Waals surface area (Å²) < 4.78 is 18.1. The number of para-hydroxylation sites is 1. The third-order valence-corrected chi connectivity index (χ3v) is 6.43. The van der Waals surface area contributed by atoms with Gasteiger partial charge in [0.2, 0.25) is 11.7 Å². The highest BCUT2D eigenvalue weighted by Gasteiger charge is 2.39. The zero-order valence-corrected chi connectivity index (χ0v) is 18.0. The number of nitrogens with zero attached hydrogens (tertiary/aromatic N) is 2. The predicted molar refractivity (Wildman–Crippen MR) is 116 cm³/mol. The Hall–Kier alpha value is -3.26. The maximum Gasteiger partial charge on any atom is 0.308 e. The van der Waals surface area contributed by atoms with E-state index in [4.69, 9.17) is 14.2 Å². The van der Waals surface area contributed by atoms with Crippen LogP contribution in [0.5, 0.6) is 17.2 Å².